The first-order valence-corrected chi connectivity index (χ1v) is 7.83. The quantitative estimate of drug-likeness (QED) is 0.919. The Morgan fingerprint density at radius 3 is 2.87 bits per heavy atom. The van der Waals surface area contributed by atoms with Gasteiger partial charge in [0.15, 0.2) is 0 Å². The van der Waals surface area contributed by atoms with Gasteiger partial charge in [-0.05, 0) is 24.5 Å². The molecule has 0 saturated heterocycles. The van der Waals surface area contributed by atoms with E-state index in [4.69, 9.17) is 14.2 Å². The normalized spacial score (nSPS) is 16.9. The fourth-order valence-electron chi connectivity index (χ4n) is 2.77. The molecule has 1 aliphatic heterocycles. The number of fused-ring (bicyclic) bond motifs is 1. The van der Waals surface area contributed by atoms with Crippen LogP contribution in [0.1, 0.15) is 30.0 Å². The molecule has 2 aromatic rings. The summed E-state index contributed by atoms with van der Waals surface area (Å²) in [6.45, 7) is 1.50. The predicted octanol–water partition coefficient (Wildman–Crippen LogP) is 3.10. The van der Waals surface area contributed by atoms with Gasteiger partial charge in [0.05, 0.1) is 20.8 Å². The van der Waals surface area contributed by atoms with E-state index in [9.17, 15) is 0 Å². The van der Waals surface area contributed by atoms with E-state index in [1.807, 2.05) is 30.5 Å². The van der Waals surface area contributed by atoms with Crippen LogP contribution in [-0.2, 0) is 6.54 Å². The highest BCUT2D eigenvalue weighted by molar-refractivity contribution is 5.43. The largest absolute Gasteiger partial charge is 0.497 e. The summed E-state index contributed by atoms with van der Waals surface area (Å²) in [6, 6.07) is 10.2. The van der Waals surface area contributed by atoms with Gasteiger partial charge in [0.2, 0.25) is 5.88 Å². The molecule has 5 nitrogen and oxygen atoms in total. The van der Waals surface area contributed by atoms with Crippen LogP contribution in [0.4, 0.5) is 0 Å². The van der Waals surface area contributed by atoms with Gasteiger partial charge in [-0.1, -0.05) is 12.1 Å². The maximum absolute atomic E-state index is 5.85. The number of benzene rings is 1. The third-order valence-corrected chi connectivity index (χ3v) is 4.05. The molecule has 1 aromatic heterocycles. The number of rotatable bonds is 5. The smallest absolute Gasteiger partial charge is 0.212 e. The lowest BCUT2D eigenvalue weighted by Crippen LogP contribution is -2.20. The van der Waals surface area contributed by atoms with Crippen LogP contribution in [0.5, 0.6) is 17.4 Å². The van der Waals surface area contributed by atoms with Crippen molar-refractivity contribution in [3.63, 3.8) is 0 Å². The number of ether oxygens (including phenoxy) is 3. The third kappa shape index (κ3) is 3.74. The molecule has 2 heterocycles. The molecule has 1 unspecified atom stereocenters. The van der Waals surface area contributed by atoms with Gasteiger partial charge in [0, 0.05) is 36.5 Å². The molecule has 5 heteroatoms. The number of methoxy groups -OCH3 is 2. The highest BCUT2D eigenvalue weighted by Crippen LogP contribution is 2.34. The highest BCUT2D eigenvalue weighted by atomic mass is 16.5. The van der Waals surface area contributed by atoms with Gasteiger partial charge >= 0.3 is 0 Å². The molecule has 0 bridgehead atoms. The third-order valence-electron chi connectivity index (χ3n) is 4.05. The van der Waals surface area contributed by atoms with Crippen molar-refractivity contribution in [3.8, 4) is 17.4 Å². The lowest BCUT2D eigenvalue weighted by atomic mass is 10.0. The fraction of sp³-hybridized carbons (Fsp3) is 0.389. The van der Waals surface area contributed by atoms with Crippen LogP contribution in [-0.4, -0.2) is 25.8 Å². The van der Waals surface area contributed by atoms with Gasteiger partial charge in [0.1, 0.15) is 11.5 Å². The number of nitrogens with zero attached hydrogens (tertiary/aromatic N) is 1. The van der Waals surface area contributed by atoms with E-state index < -0.39 is 0 Å². The van der Waals surface area contributed by atoms with Crippen molar-refractivity contribution in [2.45, 2.75) is 25.4 Å². The summed E-state index contributed by atoms with van der Waals surface area (Å²) in [5.74, 6) is 2.37. The second-order valence-electron chi connectivity index (χ2n) is 5.54. The van der Waals surface area contributed by atoms with Crippen LogP contribution in [0.3, 0.4) is 0 Å². The average molecular weight is 314 g/mol. The molecule has 0 radical (unpaired) electrons. The van der Waals surface area contributed by atoms with Crippen LogP contribution < -0.4 is 19.5 Å². The summed E-state index contributed by atoms with van der Waals surface area (Å²) >= 11 is 0. The minimum absolute atomic E-state index is 0.264. The van der Waals surface area contributed by atoms with Crippen LogP contribution >= 0.6 is 0 Å². The zero-order valence-electron chi connectivity index (χ0n) is 13.5. The molecule has 0 spiro atoms. The first-order chi connectivity index (χ1) is 11.3. The van der Waals surface area contributed by atoms with E-state index in [0.29, 0.717) is 5.88 Å². The van der Waals surface area contributed by atoms with Crippen molar-refractivity contribution in [2.24, 2.45) is 0 Å². The molecule has 122 valence electrons. The summed E-state index contributed by atoms with van der Waals surface area (Å²) in [7, 11) is 3.29. The second kappa shape index (κ2) is 7.33. The maximum Gasteiger partial charge on any atom is 0.212 e. The Morgan fingerprint density at radius 2 is 2.13 bits per heavy atom. The van der Waals surface area contributed by atoms with Gasteiger partial charge in [0.25, 0.3) is 0 Å². The van der Waals surface area contributed by atoms with Crippen LogP contribution in [0.15, 0.2) is 36.5 Å². The minimum Gasteiger partial charge on any atom is -0.497 e. The monoisotopic (exact) mass is 314 g/mol. The molecule has 3 rings (SSSR count). The van der Waals surface area contributed by atoms with Crippen molar-refractivity contribution in [1.29, 1.82) is 0 Å². The minimum atomic E-state index is 0.264. The molecule has 0 saturated carbocycles. The van der Waals surface area contributed by atoms with Crippen LogP contribution in [0.2, 0.25) is 0 Å². The standard InChI is InChI=1S/C18H22N2O3/c1-21-14-6-7-15-16(4-3-9-23-17(15)10-14)19-11-13-5-8-18(22-2)20-12-13/h5-8,10,12,16,19H,3-4,9,11H2,1-2H3. The highest BCUT2D eigenvalue weighted by Gasteiger charge is 2.20. The zero-order chi connectivity index (χ0) is 16.1. The van der Waals surface area contributed by atoms with Gasteiger partial charge in [-0.2, -0.15) is 0 Å². The van der Waals surface area contributed by atoms with Crippen molar-refractivity contribution >= 4 is 0 Å². The lowest BCUT2D eigenvalue weighted by molar-refractivity contribution is 0.312. The molecule has 23 heavy (non-hydrogen) atoms. The molecular weight excluding hydrogens is 292 g/mol. The summed E-state index contributed by atoms with van der Waals surface area (Å²) in [4.78, 5) is 4.24. The van der Waals surface area contributed by atoms with E-state index in [-0.39, 0.29) is 6.04 Å². The number of nitrogens with one attached hydrogen (secondary N) is 1. The van der Waals surface area contributed by atoms with E-state index in [2.05, 4.69) is 16.4 Å². The lowest BCUT2D eigenvalue weighted by Gasteiger charge is -2.19. The molecule has 0 fully saturated rings. The van der Waals surface area contributed by atoms with Crippen molar-refractivity contribution in [1.82, 2.24) is 10.3 Å². The Balaban J connectivity index is 1.72. The number of pyridine rings is 1. The summed E-state index contributed by atoms with van der Waals surface area (Å²) in [5, 5.41) is 3.61. The Hall–Kier alpha value is -2.27. The molecule has 0 amide bonds. The Morgan fingerprint density at radius 1 is 1.22 bits per heavy atom. The van der Waals surface area contributed by atoms with Gasteiger partial charge in [-0.25, -0.2) is 4.98 Å². The molecule has 1 atom stereocenters. The molecule has 1 N–H and O–H groups in total. The molecule has 1 aromatic carbocycles. The van der Waals surface area contributed by atoms with E-state index >= 15 is 0 Å². The van der Waals surface area contributed by atoms with Gasteiger partial charge in [-0.3, -0.25) is 0 Å². The summed E-state index contributed by atoms with van der Waals surface area (Å²) < 4.78 is 16.2. The van der Waals surface area contributed by atoms with E-state index in [1.165, 1.54) is 5.56 Å². The van der Waals surface area contributed by atoms with Gasteiger partial charge in [-0.15, -0.1) is 0 Å². The van der Waals surface area contributed by atoms with E-state index in [1.54, 1.807) is 14.2 Å². The van der Waals surface area contributed by atoms with Crippen molar-refractivity contribution in [3.05, 3.63) is 47.7 Å². The molecule has 1 aliphatic rings. The van der Waals surface area contributed by atoms with Crippen molar-refractivity contribution < 1.29 is 14.2 Å². The maximum atomic E-state index is 5.85. The topological polar surface area (TPSA) is 52.6 Å². The summed E-state index contributed by atoms with van der Waals surface area (Å²) in [5.41, 5.74) is 2.32. The number of hydrogen-bond donors (Lipinski definition) is 1. The first kappa shape index (κ1) is 15.6. The van der Waals surface area contributed by atoms with E-state index in [0.717, 1.165) is 43.1 Å². The average Bonchev–Trinajstić information content (AvgIpc) is 2.81. The SMILES string of the molecule is COc1ccc2c(c1)OCCCC2NCc1ccc(OC)nc1. The molecule has 0 aliphatic carbocycles. The number of aromatic nitrogens is 1. The molecular formula is C18H22N2O3. The predicted molar refractivity (Wildman–Crippen MR) is 88.1 cm³/mol. The fourth-order valence-corrected chi connectivity index (χ4v) is 2.77. The Labute approximate surface area is 136 Å². The zero-order valence-corrected chi connectivity index (χ0v) is 13.5. The summed E-state index contributed by atoms with van der Waals surface area (Å²) in [6.07, 6.45) is 3.91. The van der Waals surface area contributed by atoms with Crippen LogP contribution in [0, 0.1) is 0 Å². The Bertz CT molecular complexity index is 643. The Kier molecular flexibility index (Phi) is 4.98. The second-order valence-corrected chi connectivity index (χ2v) is 5.54. The van der Waals surface area contributed by atoms with Crippen LogP contribution in [0.25, 0.3) is 0 Å². The first-order valence-electron chi connectivity index (χ1n) is 7.83. The van der Waals surface area contributed by atoms with Gasteiger partial charge < -0.3 is 19.5 Å². The number of hydrogen-bond acceptors (Lipinski definition) is 5. The van der Waals surface area contributed by atoms with Crippen molar-refractivity contribution in [2.75, 3.05) is 20.8 Å².